The molecule has 2 amide bonds. The summed E-state index contributed by atoms with van der Waals surface area (Å²) in [6.07, 6.45) is 0. The van der Waals surface area contributed by atoms with Gasteiger partial charge in [-0.2, -0.15) is 0 Å². The average Bonchev–Trinajstić information content (AvgIpc) is 2.62. The number of methoxy groups -OCH3 is 1. The number of hydrogen-bond acceptors (Lipinski definition) is 3. The molecule has 1 saturated heterocycles. The third-order valence-corrected chi connectivity index (χ3v) is 4.14. The van der Waals surface area contributed by atoms with Crippen molar-refractivity contribution in [3.8, 4) is 5.75 Å². The van der Waals surface area contributed by atoms with Gasteiger partial charge in [-0.15, -0.1) is 0 Å². The molecule has 0 atom stereocenters. The Hall–Kier alpha value is -2.83. The van der Waals surface area contributed by atoms with Crippen molar-refractivity contribution in [3.05, 3.63) is 54.1 Å². The first-order chi connectivity index (χ1) is 12.1. The van der Waals surface area contributed by atoms with E-state index in [9.17, 15) is 13.6 Å². The molecule has 0 aromatic heterocycles. The van der Waals surface area contributed by atoms with Gasteiger partial charge in [0.25, 0.3) is 0 Å². The van der Waals surface area contributed by atoms with E-state index in [1.165, 1.54) is 18.2 Å². The van der Waals surface area contributed by atoms with Crippen LogP contribution < -0.4 is 15.0 Å². The van der Waals surface area contributed by atoms with Gasteiger partial charge in [0, 0.05) is 37.9 Å². The van der Waals surface area contributed by atoms with Gasteiger partial charge < -0.3 is 19.9 Å². The van der Waals surface area contributed by atoms with Gasteiger partial charge in [0.2, 0.25) is 0 Å². The Morgan fingerprint density at radius 2 is 1.68 bits per heavy atom. The highest BCUT2D eigenvalue weighted by atomic mass is 19.1. The average molecular weight is 347 g/mol. The Morgan fingerprint density at radius 1 is 1.04 bits per heavy atom. The number of anilines is 2. The van der Waals surface area contributed by atoms with Crippen LogP contribution >= 0.6 is 0 Å². The largest absolute Gasteiger partial charge is 0.497 e. The molecule has 132 valence electrons. The Morgan fingerprint density at radius 3 is 2.32 bits per heavy atom. The van der Waals surface area contributed by atoms with E-state index in [2.05, 4.69) is 5.32 Å². The van der Waals surface area contributed by atoms with Crippen molar-refractivity contribution in [2.75, 3.05) is 43.5 Å². The van der Waals surface area contributed by atoms with Crippen molar-refractivity contribution >= 4 is 17.4 Å². The number of carbonyl (C=O) groups excluding carboxylic acids is 1. The molecule has 25 heavy (non-hydrogen) atoms. The van der Waals surface area contributed by atoms with E-state index < -0.39 is 11.6 Å². The summed E-state index contributed by atoms with van der Waals surface area (Å²) >= 11 is 0. The van der Waals surface area contributed by atoms with Crippen molar-refractivity contribution < 1.29 is 18.3 Å². The van der Waals surface area contributed by atoms with Gasteiger partial charge >= 0.3 is 6.03 Å². The van der Waals surface area contributed by atoms with Crippen LogP contribution in [0.2, 0.25) is 0 Å². The number of ether oxygens (including phenoxy) is 1. The number of halogens is 2. The van der Waals surface area contributed by atoms with Gasteiger partial charge in [0.15, 0.2) is 0 Å². The third kappa shape index (κ3) is 3.81. The van der Waals surface area contributed by atoms with Gasteiger partial charge in [-0.1, -0.05) is 12.1 Å². The molecule has 0 bridgehead atoms. The molecule has 0 radical (unpaired) electrons. The molecule has 1 fully saturated rings. The van der Waals surface area contributed by atoms with E-state index in [4.69, 9.17) is 4.74 Å². The van der Waals surface area contributed by atoms with E-state index >= 15 is 0 Å². The molecule has 1 aliphatic rings. The first kappa shape index (κ1) is 17.0. The summed E-state index contributed by atoms with van der Waals surface area (Å²) < 4.78 is 32.9. The van der Waals surface area contributed by atoms with Crippen LogP contribution in [0.3, 0.4) is 0 Å². The highest BCUT2D eigenvalue weighted by molar-refractivity contribution is 5.89. The minimum absolute atomic E-state index is 0.0321. The second-order valence-electron chi connectivity index (χ2n) is 5.71. The number of para-hydroxylation sites is 1. The number of urea groups is 1. The van der Waals surface area contributed by atoms with Crippen LogP contribution in [-0.4, -0.2) is 44.2 Å². The number of piperazine rings is 1. The smallest absolute Gasteiger partial charge is 0.321 e. The van der Waals surface area contributed by atoms with Crippen molar-refractivity contribution in [2.45, 2.75) is 0 Å². The van der Waals surface area contributed by atoms with Gasteiger partial charge in [0.05, 0.1) is 7.11 Å². The van der Waals surface area contributed by atoms with Gasteiger partial charge in [0.1, 0.15) is 23.1 Å². The minimum Gasteiger partial charge on any atom is -0.497 e. The number of amides is 2. The Kier molecular flexibility index (Phi) is 5.02. The quantitative estimate of drug-likeness (QED) is 0.926. The summed E-state index contributed by atoms with van der Waals surface area (Å²) in [4.78, 5) is 15.6. The topological polar surface area (TPSA) is 44.8 Å². The monoisotopic (exact) mass is 347 g/mol. The maximum Gasteiger partial charge on any atom is 0.321 e. The van der Waals surface area contributed by atoms with Gasteiger partial charge in [-0.25, -0.2) is 13.6 Å². The third-order valence-electron chi connectivity index (χ3n) is 4.14. The number of nitrogens with zero attached hydrogens (tertiary/aromatic N) is 2. The fourth-order valence-corrected chi connectivity index (χ4v) is 2.83. The Balaban J connectivity index is 1.61. The number of hydrogen-bond donors (Lipinski definition) is 1. The van der Waals surface area contributed by atoms with Crippen LogP contribution in [0, 0.1) is 11.6 Å². The fourth-order valence-electron chi connectivity index (χ4n) is 2.83. The van der Waals surface area contributed by atoms with Crippen LogP contribution in [0.1, 0.15) is 0 Å². The normalized spacial score (nSPS) is 14.4. The predicted molar refractivity (Wildman–Crippen MR) is 92.2 cm³/mol. The molecule has 2 aromatic rings. The zero-order valence-electron chi connectivity index (χ0n) is 13.8. The molecule has 0 spiro atoms. The van der Waals surface area contributed by atoms with Crippen molar-refractivity contribution in [3.63, 3.8) is 0 Å². The van der Waals surface area contributed by atoms with E-state index in [-0.39, 0.29) is 11.7 Å². The molecule has 0 aliphatic carbocycles. The molecule has 5 nitrogen and oxygen atoms in total. The summed E-state index contributed by atoms with van der Waals surface area (Å²) in [5.41, 5.74) is 0.599. The van der Waals surface area contributed by atoms with Crippen LogP contribution in [0.4, 0.5) is 25.0 Å². The zero-order chi connectivity index (χ0) is 17.8. The lowest BCUT2D eigenvalue weighted by atomic mass is 10.2. The molecule has 3 rings (SSSR count). The van der Waals surface area contributed by atoms with Gasteiger partial charge in [-0.3, -0.25) is 0 Å². The summed E-state index contributed by atoms with van der Waals surface area (Å²) in [6, 6.07) is 10.6. The van der Waals surface area contributed by atoms with Crippen LogP contribution in [0.5, 0.6) is 5.75 Å². The van der Waals surface area contributed by atoms with Crippen LogP contribution in [0.15, 0.2) is 42.5 Å². The maximum absolute atomic E-state index is 13.9. The maximum atomic E-state index is 13.9. The lowest BCUT2D eigenvalue weighted by molar-refractivity contribution is 0.208. The van der Waals surface area contributed by atoms with Crippen molar-refractivity contribution in [1.29, 1.82) is 0 Å². The lowest BCUT2D eigenvalue weighted by Gasteiger charge is -2.36. The lowest BCUT2D eigenvalue weighted by Crippen LogP contribution is -2.50. The second-order valence-corrected chi connectivity index (χ2v) is 5.71. The van der Waals surface area contributed by atoms with E-state index in [0.29, 0.717) is 37.6 Å². The zero-order valence-corrected chi connectivity index (χ0v) is 13.8. The second kappa shape index (κ2) is 7.38. The summed E-state index contributed by atoms with van der Waals surface area (Å²) in [6.45, 7) is 1.49. The highest BCUT2D eigenvalue weighted by Crippen LogP contribution is 2.24. The number of nitrogens with one attached hydrogen (secondary N) is 1. The summed E-state index contributed by atoms with van der Waals surface area (Å²) in [7, 11) is 1.56. The van der Waals surface area contributed by atoms with E-state index in [0.717, 1.165) is 0 Å². The summed E-state index contributed by atoms with van der Waals surface area (Å²) in [5, 5.41) is 2.80. The number of rotatable bonds is 3. The molecular formula is C18H19F2N3O2. The molecule has 2 aromatic carbocycles. The first-order valence-electron chi connectivity index (χ1n) is 7.97. The Bertz CT molecular complexity index is 741. The molecule has 0 saturated carbocycles. The minimum atomic E-state index is -0.589. The van der Waals surface area contributed by atoms with Crippen LogP contribution in [0.25, 0.3) is 0 Å². The Labute approximate surface area is 144 Å². The molecule has 0 unspecified atom stereocenters. The summed E-state index contributed by atoms with van der Waals surface area (Å²) in [5.74, 6) is -0.527. The van der Waals surface area contributed by atoms with Crippen LogP contribution in [-0.2, 0) is 0 Å². The molecule has 1 N–H and O–H groups in total. The number of benzene rings is 2. The predicted octanol–water partition coefficient (Wildman–Crippen LogP) is 3.33. The van der Waals surface area contributed by atoms with Crippen molar-refractivity contribution in [2.24, 2.45) is 0 Å². The molecule has 1 aliphatic heterocycles. The SMILES string of the molecule is COc1cccc(NC(=O)N2CCN(c3c(F)cccc3F)CC2)c1. The standard InChI is InChI=1S/C18H19F2N3O2/c1-25-14-5-2-4-13(12-14)21-18(24)23-10-8-22(9-11-23)17-15(19)6-3-7-16(17)20/h2-7,12H,8-11H2,1H3,(H,21,24). The molecular weight excluding hydrogens is 328 g/mol. The van der Waals surface area contributed by atoms with Crippen molar-refractivity contribution in [1.82, 2.24) is 4.90 Å². The highest BCUT2D eigenvalue weighted by Gasteiger charge is 2.24. The number of carbonyl (C=O) groups is 1. The van der Waals surface area contributed by atoms with E-state index in [1.54, 1.807) is 41.2 Å². The molecule has 7 heteroatoms. The van der Waals surface area contributed by atoms with E-state index in [1.807, 2.05) is 0 Å². The van der Waals surface area contributed by atoms with Gasteiger partial charge in [-0.05, 0) is 24.3 Å². The molecule has 1 heterocycles. The first-order valence-corrected chi connectivity index (χ1v) is 7.97. The fraction of sp³-hybridized carbons (Fsp3) is 0.278.